The van der Waals surface area contributed by atoms with Crippen molar-refractivity contribution in [1.29, 1.82) is 0 Å². The first-order chi connectivity index (χ1) is 10.0. The smallest absolute Gasteiger partial charge is 0.226 e. The molecule has 5 heteroatoms. The Hall–Kier alpha value is -2.43. The minimum atomic E-state index is -0.766. The van der Waals surface area contributed by atoms with E-state index in [-0.39, 0.29) is 18.0 Å². The summed E-state index contributed by atoms with van der Waals surface area (Å²) in [5.74, 6) is -1.71. The highest BCUT2D eigenvalue weighted by molar-refractivity contribution is 5.97. The minimum absolute atomic E-state index is 0.0273. The number of benzene rings is 2. The van der Waals surface area contributed by atoms with Crippen molar-refractivity contribution in [1.82, 2.24) is 0 Å². The Morgan fingerprint density at radius 3 is 2.57 bits per heavy atom. The molecule has 0 atom stereocenters. The van der Waals surface area contributed by atoms with E-state index in [1.165, 1.54) is 6.07 Å². The van der Waals surface area contributed by atoms with Gasteiger partial charge in [0, 0.05) is 24.7 Å². The average Bonchev–Trinajstić information content (AvgIpc) is 2.60. The fraction of sp³-hybridized carbons (Fsp3) is 0.188. The zero-order valence-electron chi connectivity index (χ0n) is 11.5. The number of carbonyl (C=O) groups is 1. The van der Waals surface area contributed by atoms with E-state index in [1.54, 1.807) is 4.90 Å². The molecule has 1 N–H and O–H groups in total. The molecule has 3 nitrogen and oxygen atoms in total. The second-order valence-corrected chi connectivity index (χ2v) is 5.07. The molecule has 0 saturated heterocycles. The summed E-state index contributed by atoms with van der Waals surface area (Å²) in [5, 5.41) is 2.51. The normalized spacial score (nSPS) is 14.4. The van der Waals surface area contributed by atoms with Crippen molar-refractivity contribution in [2.75, 3.05) is 16.8 Å². The lowest BCUT2D eigenvalue weighted by atomic mass is 10.1. The summed E-state index contributed by atoms with van der Waals surface area (Å²) in [7, 11) is 0. The summed E-state index contributed by atoms with van der Waals surface area (Å²) in [5.41, 5.74) is 2.25. The number of amides is 1. The van der Waals surface area contributed by atoms with Crippen LogP contribution in [-0.2, 0) is 4.79 Å². The molecule has 0 aliphatic carbocycles. The average molecular weight is 288 g/mol. The number of carbonyl (C=O) groups excluding carboxylic acids is 1. The molecule has 0 spiro atoms. The van der Waals surface area contributed by atoms with Gasteiger partial charge >= 0.3 is 0 Å². The van der Waals surface area contributed by atoms with Crippen LogP contribution in [0.4, 0.5) is 25.8 Å². The van der Waals surface area contributed by atoms with Gasteiger partial charge in [-0.3, -0.25) is 4.79 Å². The van der Waals surface area contributed by atoms with Crippen molar-refractivity contribution in [3.8, 4) is 0 Å². The van der Waals surface area contributed by atoms with Gasteiger partial charge in [-0.05, 0) is 25.1 Å². The number of hydrogen-bond donors (Lipinski definition) is 1. The van der Waals surface area contributed by atoms with E-state index in [0.717, 1.165) is 17.3 Å². The first kappa shape index (κ1) is 13.5. The van der Waals surface area contributed by atoms with Crippen LogP contribution in [-0.4, -0.2) is 12.5 Å². The van der Waals surface area contributed by atoms with Gasteiger partial charge in [0.25, 0.3) is 0 Å². The largest absolute Gasteiger partial charge is 0.339 e. The molecule has 2 aromatic rings. The van der Waals surface area contributed by atoms with Crippen LogP contribution < -0.4 is 10.2 Å². The van der Waals surface area contributed by atoms with Crippen molar-refractivity contribution < 1.29 is 13.6 Å². The molecule has 0 saturated carbocycles. The third-order valence-corrected chi connectivity index (χ3v) is 3.50. The van der Waals surface area contributed by atoms with Gasteiger partial charge in [0.05, 0.1) is 5.69 Å². The Morgan fingerprint density at radius 2 is 1.86 bits per heavy atom. The SMILES string of the molecule is Cc1ccc(N2CCC(=O)Nc3c(F)cc(F)cc32)cc1. The van der Waals surface area contributed by atoms with Crippen molar-refractivity contribution in [3.05, 3.63) is 53.6 Å². The van der Waals surface area contributed by atoms with E-state index in [0.29, 0.717) is 12.2 Å². The van der Waals surface area contributed by atoms with Crippen molar-refractivity contribution >= 4 is 23.0 Å². The lowest BCUT2D eigenvalue weighted by Crippen LogP contribution is -2.19. The number of nitrogens with one attached hydrogen (secondary N) is 1. The molecular formula is C16H14F2N2O. The van der Waals surface area contributed by atoms with Gasteiger partial charge in [-0.25, -0.2) is 8.78 Å². The topological polar surface area (TPSA) is 32.3 Å². The zero-order valence-corrected chi connectivity index (χ0v) is 11.5. The standard InChI is InChI=1S/C16H14F2N2O/c1-10-2-4-12(5-3-10)20-7-6-15(21)19-16-13(18)8-11(17)9-14(16)20/h2-5,8-9H,6-7H2,1H3,(H,19,21). The number of hydrogen-bond acceptors (Lipinski definition) is 2. The van der Waals surface area contributed by atoms with Crippen molar-refractivity contribution in [2.24, 2.45) is 0 Å². The van der Waals surface area contributed by atoms with Crippen molar-refractivity contribution in [2.45, 2.75) is 13.3 Å². The fourth-order valence-electron chi connectivity index (χ4n) is 2.43. The zero-order chi connectivity index (χ0) is 15.0. The Bertz CT molecular complexity index is 698. The Morgan fingerprint density at radius 1 is 1.14 bits per heavy atom. The van der Waals surface area contributed by atoms with Gasteiger partial charge in [0.2, 0.25) is 5.91 Å². The molecule has 1 amide bonds. The van der Waals surface area contributed by atoms with Gasteiger partial charge in [0.15, 0.2) is 5.82 Å². The number of halogens is 2. The highest BCUT2D eigenvalue weighted by atomic mass is 19.1. The second kappa shape index (κ2) is 5.16. The fourth-order valence-corrected chi connectivity index (χ4v) is 2.43. The van der Waals surface area contributed by atoms with E-state index >= 15 is 0 Å². The molecule has 0 aromatic heterocycles. The molecule has 1 aliphatic rings. The molecule has 108 valence electrons. The first-order valence-corrected chi connectivity index (χ1v) is 6.68. The Labute approximate surface area is 121 Å². The van der Waals surface area contributed by atoms with Crippen LogP contribution in [0.1, 0.15) is 12.0 Å². The van der Waals surface area contributed by atoms with E-state index in [9.17, 15) is 13.6 Å². The van der Waals surface area contributed by atoms with Crippen LogP contribution in [0, 0.1) is 18.6 Å². The number of aryl methyl sites for hydroxylation is 1. The van der Waals surface area contributed by atoms with Gasteiger partial charge < -0.3 is 10.2 Å². The maximum Gasteiger partial charge on any atom is 0.226 e. The molecule has 3 rings (SSSR count). The number of rotatable bonds is 1. The van der Waals surface area contributed by atoms with Gasteiger partial charge in [0.1, 0.15) is 11.5 Å². The van der Waals surface area contributed by atoms with Crippen LogP contribution >= 0.6 is 0 Å². The monoisotopic (exact) mass is 288 g/mol. The molecule has 21 heavy (non-hydrogen) atoms. The molecule has 1 heterocycles. The van der Waals surface area contributed by atoms with Crippen LogP contribution in [0.5, 0.6) is 0 Å². The predicted octanol–water partition coefficient (Wildman–Crippen LogP) is 3.75. The van der Waals surface area contributed by atoms with E-state index in [2.05, 4.69) is 5.32 Å². The summed E-state index contributed by atoms with van der Waals surface area (Å²) in [4.78, 5) is 13.5. The van der Waals surface area contributed by atoms with Crippen LogP contribution in [0.25, 0.3) is 0 Å². The molecule has 1 aliphatic heterocycles. The molecule has 0 unspecified atom stereocenters. The lowest BCUT2D eigenvalue weighted by Gasteiger charge is -2.24. The van der Waals surface area contributed by atoms with E-state index in [1.807, 2.05) is 31.2 Å². The highest BCUT2D eigenvalue weighted by Gasteiger charge is 2.24. The molecule has 0 radical (unpaired) electrons. The Balaban J connectivity index is 2.14. The summed E-state index contributed by atoms with van der Waals surface area (Å²) in [6.45, 7) is 2.33. The summed E-state index contributed by atoms with van der Waals surface area (Å²) >= 11 is 0. The maximum atomic E-state index is 14.0. The number of nitrogens with zero attached hydrogens (tertiary/aromatic N) is 1. The Kier molecular flexibility index (Phi) is 3.33. The molecule has 0 bridgehead atoms. The van der Waals surface area contributed by atoms with Crippen LogP contribution in [0.3, 0.4) is 0 Å². The number of anilines is 3. The van der Waals surface area contributed by atoms with Gasteiger partial charge in [-0.1, -0.05) is 17.7 Å². The predicted molar refractivity (Wildman–Crippen MR) is 77.8 cm³/mol. The maximum absolute atomic E-state index is 14.0. The van der Waals surface area contributed by atoms with E-state index < -0.39 is 11.6 Å². The van der Waals surface area contributed by atoms with E-state index in [4.69, 9.17) is 0 Å². The first-order valence-electron chi connectivity index (χ1n) is 6.68. The lowest BCUT2D eigenvalue weighted by molar-refractivity contribution is -0.115. The third kappa shape index (κ3) is 2.59. The van der Waals surface area contributed by atoms with Gasteiger partial charge in [-0.2, -0.15) is 0 Å². The van der Waals surface area contributed by atoms with Gasteiger partial charge in [-0.15, -0.1) is 0 Å². The van der Waals surface area contributed by atoms with Crippen LogP contribution in [0.15, 0.2) is 36.4 Å². The highest BCUT2D eigenvalue weighted by Crippen LogP contribution is 2.36. The molecule has 2 aromatic carbocycles. The quantitative estimate of drug-likeness (QED) is 0.866. The number of fused-ring (bicyclic) bond motifs is 1. The molecule has 0 fully saturated rings. The minimum Gasteiger partial charge on any atom is -0.339 e. The second-order valence-electron chi connectivity index (χ2n) is 5.07. The third-order valence-electron chi connectivity index (χ3n) is 3.50. The summed E-state index contributed by atoms with van der Waals surface area (Å²) < 4.78 is 27.5. The van der Waals surface area contributed by atoms with Crippen LogP contribution in [0.2, 0.25) is 0 Å². The molecular weight excluding hydrogens is 274 g/mol. The summed E-state index contributed by atoms with van der Waals surface area (Å²) in [6, 6.07) is 9.60. The summed E-state index contributed by atoms with van der Waals surface area (Å²) in [6.07, 6.45) is 0.212. The van der Waals surface area contributed by atoms with Crippen molar-refractivity contribution in [3.63, 3.8) is 0 Å².